The molecule has 1 aliphatic rings. The number of nitrogens with two attached hydrogens (primary N) is 1. The van der Waals surface area contributed by atoms with Crippen molar-refractivity contribution in [3.63, 3.8) is 0 Å². The Morgan fingerprint density at radius 2 is 1.83 bits per heavy atom. The lowest BCUT2D eigenvalue weighted by Gasteiger charge is -2.37. The molecule has 0 unspecified atom stereocenters. The van der Waals surface area contributed by atoms with Crippen molar-refractivity contribution in [1.82, 2.24) is 9.97 Å². The highest BCUT2D eigenvalue weighted by atomic mass is 19.1. The summed E-state index contributed by atoms with van der Waals surface area (Å²) in [4.78, 5) is 10.6. The summed E-state index contributed by atoms with van der Waals surface area (Å²) in [6.45, 7) is 6.77. The number of halogens is 3. The van der Waals surface area contributed by atoms with Gasteiger partial charge in [0, 0.05) is 25.3 Å². The van der Waals surface area contributed by atoms with Crippen LogP contribution in [-0.2, 0) is 12.1 Å². The van der Waals surface area contributed by atoms with E-state index in [-0.39, 0.29) is 18.2 Å². The molecular weight excluding hydrogens is 455 g/mol. The Balaban J connectivity index is 1.59. The molecule has 0 aliphatic carbocycles. The molecule has 0 bridgehead atoms. The van der Waals surface area contributed by atoms with Crippen molar-refractivity contribution < 1.29 is 18.3 Å². The van der Waals surface area contributed by atoms with Crippen LogP contribution in [-0.4, -0.2) is 34.2 Å². The van der Waals surface area contributed by atoms with Crippen molar-refractivity contribution >= 4 is 11.4 Å². The molecular formula is C26H30F3N5O. The van der Waals surface area contributed by atoms with Gasteiger partial charge in [-0.2, -0.15) is 0 Å². The third-order valence-corrected chi connectivity index (χ3v) is 6.18. The molecule has 2 aromatic heterocycles. The van der Waals surface area contributed by atoms with Crippen molar-refractivity contribution in [2.75, 3.05) is 23.3 Å². The third-order valence-electron chi connectivity index (χ3n) is 6.18. The first-order valence-corrected chi connectivity index (χ1v) is 11.6. The van der Waals surface area contributed by atoms with Gasteiger partial charge in [0.1, 0.15) is 23.1 Å². The fourth-order valence-electron chi connectivity index (χ4n) is 4.49. The van der Waals surface area contributed by atoms with Crippen molar-refractivity contribution in [1.29, 1.82) is 0 Å². The summed E-state index contributed by atoms with van der Waals surface area (Å²) in [6.07, 6.45) is 4.37. The van der Waals surface area contributed by atoms with E-state index in [4.69, 9.17) is 5.73 Å². The van der Waals surface area contributed by atoms with E-state index < -0.39 is 34.3 Å². The first-order chi connectivity index (χ1) is 16.5. The third kappa shape index (κ3) is 5.57. The summed E-state index contributed by atoms with van der Waals surface area (Å²) >= 11 is 0. The van der Waals surface area contributed by atoms with E-state index in [0.29, 0.717) is 11.6 Å². The van der Waals surface area contributed by atoms with Crippen LogP contribution in [0.5, 0.6) is 0 Å². The van der Waals surface area contributed by atoms with E-state index in [2.05, 4.69) is 27.1 Å². The van der Waals surface area contributed by atoms with Gasteiger partial charge in [0.25, 0.3) is 0 Å². The van der Waals surface area contributed by atoms with Crippen molar-refractivity contribution in [2.45, 2.75) is 45.4 Å². The van der Waals surface area contributed by atoms with Gasteiger partial charge in [0.15, 0.2) is 0 Å². The highest BCUT2D eigenvalue weighted by Crippen LogP contribution is 2.32. The number of nitrogens with one attached hydrogen (secondary N) is 1. The summed E-state index contributed by atoms with van der Waals surface area (Å²) in [6, 6.07) is 6.58. The summed E-state index contributed by atoms with van der Waals surface area (Å²) < 4.78 is 44.2. The fraction of sp³-hybridized carbons (Fsp3) is 0.385. The second-order valence-electron chi connectivity index (χ2n) is 9.76. The van der Waals surface area contributed by atoms with Gasteiger partial charge in [-0.25, -0.2) is 18.2 Å². The molecule has 4 N–H and O–H groups in total. The summed E-state index contributed by atoms with van der Waals surface area (Å²) in [5, 5.41) is 13.3. The van der Waals surface area contributed by atoms with Crippen LogP contribution in [0, 0.1) is 23.4 Å². The number of hydrogen-bond acceptors (Lipinski definition) is 6. The number of nitrogens with zero attached hydrogens (tertiary/aromatic N) is 3. The maximum atomic E-state index is 14.8. The summed E-state index contributed by atoms with van der Waals surface area (Å²) in [5.74, 6) is -2.39. The number of hydrogen-bond donors (Lipinski definition) is 3. The lowest BCUT2D eigenvalue weighted by molar-refractivity contribution is 0.0779. The second-order valence-corrected chi connectivity index (χ2v) is 9.76. The van der Waals surface area contributed by atoms with Crippen LogP contribution in [0.3, 0.4) is 0 Å². The Hall–Kier alpha value is -3.17. The largest absolute Gasteiger partial charge is 0.386 e. The van der Waals surface area contributed by atoms with Gasteiger partial charge in [-0.15, -0.1) is 0 Å². The van der Waals surface area contributed by atoms with E-state index in [0.717, 1.165) is 49.1 Å². The molecule has 6 nitrogen and oxygen atoms in total. The van der Waals surface area contributed by atoms with E-state index in [1.165, 1.54) is 19.9 Å². The molecule has 186 valence electrons. The minimum absolute atomic E-state index is 0.0466. The zero-order chi connectivity index (χ0) is 25.3. The number of aliphatic hydroxyl groups is 1. The van der Waals surface area contributed by atoms with E-state index in [9.17, 15) is 18.3 Å². The van der Waals surface area contributed by atoms with Crippen LogP contribution in [0.15, 0.2) is 42.7 Å². The Bertz CT molecular complexity index is 1180. The highest BCUT2D eigenvalue weighted by Gasteiger charge is 2.25. The van der Waals surface area contributed by atoms with Crippen LogP contribution in [0.2, 0.25) is 0 Å². The molecule has 0 saturated carbocycles. The topological polar surface area (TPSA) is 87.3 Å². The molecule has 0 spiro atoms. The molecule has 1 saturated heterocycles. The van der Waals surface area contributed by atoms with Crippen molar-refractivity contribution in [3.05, 3.63) is 71.4 Å². The highest BCUT2D eigenvalue weighted by molar-refractivity contribution is 5.69. The number of aromatic nitrogens is 2. The van der Waals surface area contributed by atoms with Gasteiger partial charge in [-0.05, 0) is 62.1 Å². The minimum atomic E-state index is -1.45. The first-order valence-electron chi connectivity index (χ1n) is 11.6. The molecule has 4 rings (SSSR count). The zero-order valence-electron chi connectivity index (χ0n) is 20.0. The number of piperidine rings is 1. The molecule has 35 heavy (non-hydrogen) atoms. The predicted octanol–water partition coefficient (Wildman–Crippen LogP) is 4.57. The Labute approximate surface area is 203 Å². The SMILES string of the molecule is C[C@@H]1C[C@H](N)CN(c2ccncc2NCc2ccc(F)c(-c3c(F)cc(C(C)(C)O)cc3F)n2)C1. The lowest BCUT2D eigenvalue weighted by atomic mass is 9.95. The van der Waals surface area contributed by atoms with Gasteiger partial charge >= 0.3 is 0 Å². The second kappa shape index (κ2) is 9.83. The van der Waals surface area contributed by atoms with Crippen LogP contribution in [0.25, 0.3) is 11.3 Å². The van der Waals surface area contributed by atoms with Crippen LogP contribution >= 0.6 is 0 Å². The molecule has 0 amide bonds. The standard InChI is InChI=1S/C26H30F3N5O/c1-15-8-17(30)14-34(13-15)23-6-7-31-12-22(23)32-11-18-4-5-19(27)25(33-18)24-20(28)9-16(10-21(24)29)26(2,3)35/h4-7,9-10,12,15,17,32,35H,8,11,13-14,30H2,1-3H3/t15-,17+/m1/s1. The summed E-state index contributed by atoms with van der Waals surface area (Å²) in [5.41, 5.74) is 5.91. The zero-order valence-corrected chi connectivity index (χ0v) is 20.0. The fourth-order valence-corrected chi connectivity index (χ4v) is 4.49. The van der Waals surface area contributed by atoms with E-state index in [1.807, 2.05) is 6.07 Å². The monoisotopic (exact) mass is 485 g/mol. The quantitative estimate of drug-likeness (QED) is 0.474. The first kappa shape index (κ1) is 24.9. The van der Waals surface area contributed by atoms with Gasteiger partial charge in [-0.3, -0.25) is 4.98 Å². The smallest absolute Gasteiger partial charge is 0.149 e. The maximum Gasteiger partial charge on any atom is 0.149 e. The molecule has 3 aromatic rings. The number of benzene rings is 1. The lowest BCUT2D eigenvalue weighted by Crippen LogP contribution is -2.46. The van der Waals surface area contributed by atoms with Gasteiger partial charge in [-0.1, -0.05) is 6.92 Å². The normalized spacial score (nSPS) is 18.6. The van der Waals surface area contributed by atoms with Crippen LogP contribution in [0.4, 0.5) is 24.5 Å². The molecule has 1 aliphatic heterocycles. The molecule has 1 fully saturated rings. The molecule has 9 heteroatoms. The van der Waals surface area contributed by atoms with E-state index in [1.54, 1.807) is 12.4 Å². The molecule has 2 atom stereocenters. The van der Waals surface area contributed by atoms with Crippen molar-refractivity contribution in [3.8, 4) is 11.3 Å². The molecule has 1 aromatic carbocycles. The van der Waals surface area contributed by atoms with Crippen molar-refractivity contribution in [2.24, 2.45) is 11.7 Å². The number of rotatable bonds is 6. The minimum Gasteiger partial charge on any atom is -0.386 e. The van der Waals surface area contributed by atoms with E-state index >= 15 is 0 Å². The number of pyridine rings is 2. The predicted molar refractivity (Wildman–Crippen MR) is 130 cm³/mol. The van der Waals surface area contributed by atoms with Gasteiger partial charge in [0.05, 0.1) is 41.0 Å². The average molecular weight is 486 g/mol. The molecule has 0 radical (unpaired) electrons. The summed E-state index contributed by atoms with van der Waals surface area (Å²) in [7, 11) is 0. The Morgan fingerprint density at radius 3 is 2.49 bits per heavy atom. The van der Waals surface area contributed by atoms with Gasteiger partial charge < -0.3 is 21.1 Å². The van der Waals surface area contributed by atoms with Crippen LogP contribution < -0.4 is 16.0 Å². The van der Waals surface area contributed by atoms with Gasteiger partial charge in [0.2, 0.25) is 0 Å². The Kier molecular flexibility index (Phi) is 7.00. The number of anilines is 2. The molecule has 3 heterocycles. The van der Waals surface area contributed by atoms with Crippen LogP contribution in [0.1, 0.15) is 38.4 Å². The maximum absolute atomic E-state index is 14.8. The Morgan fingerprint density at radius 1 is 1.11 bits per heavy atom. The average Bonchev–Trinajstić information content (AvgIpc) is 2.78.